The van der Waals surface area contributed by atoms with Crippen LogP contribution in [0, 0.1) is 0 Å². The van der Waals surface area contributed by atoms with Gasteiger partial charge in [0, 0.05) is 40.1 Å². The molecule has 0 saturated carbocycles. The second-order valence-corrected chi connectivity index (χ2v) is 5.65. The summed E-state index contributed by atoms with van der Waals surface area (Å²) in [5.41, 5.74) is 2.98. The molecule has 3 aromatic rings. The Morgan fingerprint density at radius 1 is 1.12 bits per heavy atom. The van der Waals surface area contributed by atoms with Gasteiger partial charge in [0.15, 0.2) is 6.61 Å². The van der Waals surface area contributed by atoms with Crippen LogP contribution in [0.25, 0.3) is 21.8 Å². The van der Waals surface area contributed by atoms with Gasteiger partial charge in [-0.2, -0.15) is 0 Å². The topological polar surface area (TPSA) is 60.3 Å². The van der Waals surface area contributed by atoms with Crippen LogP contribution in [0.2, 0.25) is 0 Å². The Hall–Kier alpha value is -3.08. The number of anilines is 1. The molecule has 5 heteroatoms. The molecule has 1 heterocycles. The third kappa shape index (κ3) is 3.40. The quantitative estimate of drug-likeness (QED) is 0.568. The Kier molecular flexibility index (Phi) is 4.84. The molecule has 1 N–H and O–H groups in total. The highest BCUT2D eigenvalue weighted by atomic mass is 16.5. The number of esters is 1. The van der Waals surface area contributed by atoms with E-state index in [1.807, 2.05) is 30.3 Å². The highest BCUT2D eigenvalue weighted by Gasteiger charge is 2.11. The predicted octanol–water partition coefficient (Wildman–Crippen LogP) is 3.87. The highest BCUT2D eigenvalue weighted by Crippen LogP contribution is 2.30. The van der Waals surface area contributed by atoms with Gasteiger partial charge in [-0.15, -0.1) is 0 Å². The van der Waals surface area contributed by atoms with Gasteiger partial charge in [0.2, 0.25) is 0 Å². The molecule has 0 unspecified atom stereocenters. The number of aromatic nitrogens is 1. The smallest absolute Gasteiger partial charge is 0.330 e. The van der Waals surface area contributed by atoms with Crippen molar-refractivity contribution in [1.29, 1.82) is 0 Å². The van der Waals surface area contributed by atoms with Crippen LogP contribution in [-0.2, 0) is 20.9 Å². The molecule has 2 aromatic carbocycles. The second-order valence-electron chi connectivity index (χ2n) is 5.65. The van der Waals surface area contributed by atoms with Crippen LogP contribution in [0.1, 0.15) is 13.8 Å². The van der Waals surface area contributed by atoms with Gasteiger partial charge in [0.05, 0.1) is 0 Å². The maximum atomic E-state index is 12.0. The number of rotatable bonds is 5. The van der Waals surface area contributed by atoms with E-state index in [-0.39, 0.29) is 12.5 Å². The molecule has 0 aliphatic heterocycles. The van der Waals surface area contributed by atoms with Crippen molar-refractivity contribution in [3.8, 4) is 0 Å². The van der Waals surface area contributed by atoms with Crippen molar-refractivity contribution in [2.24, 2.45) is 0 Å². The van der Waals surface area contributed by atoms with Crippen LogP contribution in [0.3, 0.4) is 0 Å². The van der Waals surface area contributed by atoms with Crippen LogP contribution in [0.4, 0.5) is 5.69 Å². The molecule has 3 rings (SSSR count). The summed E-state index contributed by atoms with van der Waals surface area (Å²) in [4.78, 5) is 23.2. The largest absolute Gasteiger partial charge is 0.452 e. The molecule has 1 amide bonds. The fraction of sp³-hybridized carbons (Fsp3) is 0.200. The van der Waals surface area contributed by atoms with E-state index in [0.717, 1.165) is 22.8 Å². The van der Waals surface area contributed by atoms with E-state index in [1.54, 1.807) is 13.0 Å². The van der Waals surface area contributed by atoms with E-state index in [4.69, 9.17) is 4.74 Å². The number of amides is 1. The van der Waals surface area contributed by atoms with Gasteiger partial charge in [-0.25, -0.2) is 4.79 Å². The number of allylic oxidation sites excluding steroid dienone is 1. The summed E-state index contributed by atoms with van der Waals surface area (Å²) in [5.74, 6) is -0.893. The molecular weight excluding hydrogens is 316 g/mol. The number of benzene rings is 2. The lowest BCUT2D eigenvalue weighted by Gasteiger charge is -2.07. The Labute approximate surface area is 145 Å². The number of para-hydroxylation sites is 1. The number of nitrogens with zero attached hydrogens (tertiary/aromatic N) is 1. The molecule has 0 aliphatic carbocycles. The molecule has 0 spiro atoms. The number of hydrogen-bond donors (Lipinski definition) is 1. The highest BCUT2D eigenvalue weighted by molar-refractivity contribution is 6.09. The van der Waals surface area contributed by atoms with Gasteiger partial charge >= 0.3 is 5.97 Å². The Bertz CT molecular complexity index is 970. The number of carbonyl (C=O) groups excluding carboxylic acids is 2. The van der Waals surface area contributed by atoms with Crippen molar-refractivity contribution < 1.29 is 14.3 Å². The number of aryl methyl sites for hydroxylation is 1. The van der Waals surface area contributed by atoms with Crippen molar-refractivity contribution >= 4 is 39.4 Å². The second kappa shape index (κ2) is 7.21. The van der Waals surface area contributed by atoms with Crippen molar-refractivity contribution in [2.45, 2.75) is 20.4 Å². The van der Waals surface area contributed by atoms with Gasteiger partial charge in [0.25, 0.3) is 5.91 Å². The van der Waals surface area contributed by atoms with E-state index in [9.17, 15) is 9.59 Å². The Morgan fingerprint density at radius 3 is 2.64 bits per heavy atom. The van der Waals surface area contributed by atoms with E-state index < -0.39 is 5.97 Å². The lowest BCUT2D eigenvalue weighted by atomic mass is 10.1. The van der Waals surface area contributed by atoms with Crippen molar-refractivity contribution in [3.63, 3.8) is 0 Å². The van der Waals surface area contributed by atoms with Crippen molar-refractivity contribution in [1.82, 2.24) is 4.57 Å². The summed E-state index contributed by atoms with van der Waals surface area (Å²) < 4.78 is 7.10. The SMILES string of the molecule is C/C=C/C(=O)OCC(=O)Nc1ccc2c(c1)c1ccccc1n2CC. The summed E-state index contributed by atoms with van der Waals surface area (Å²) >= 11 is 0. The van der Waals surface area contributed by atoms with Crippen LogP contribution in [0.15, 0.2) is 54.6 Å². The zero-order valence-electron chi connectivity index (χ0n) is 14.3. The molecule has 0 radical (unpaired) electrons. The third-order valence-electron chi connectivity index (χ3n) is 4.02. The fourth-order valence-electron chi connectivity index (χ4n) is 2.99. The Morgan fingerprint density at radius 2 is 1.88 bits per heavy atom. The minimum absolute atomic E-state index is 0.308. The van der Waals surface area contributed by atoms with E-state index in [2.05, 4.69) is 28.9 Å². The minimum Gasteiger partial charge on any atom is -0.452 e. The van der Waals surface area contributed by atoms with Crippen LogP contribution < -0.4 is 5.32 Å². The maximum absolute atomic E-state index is 12.0. The molecule has 0 saturated heterocycles. The monoisotopic (exact) mass is 336 g/mol. The normalized spacial score (nSPS) is 11.3. The van der Waals surface area contributed by atoms with Crippen LogP contribution in [0.5, 0.6) is 0 Å². The lowest BCUT2D eigenvalue weighted by Crippen LogP contribution is -2.20. The van der Waals surface area contributed by atoms with Gasteiger partial charge in [-0.1, -0.05) is 24.3 Å². The summed E-state index contributed by atoms with van der Waals surface area (Å²) in [7, 11) is 0. The Balaban J connectivity index is 1.85. The zero-order valence-corrected chi connectivity index (χ0v) is 14.3. The summed E-state index contributed by atoms with van der Waals surface area (Å²) in [5, 5.41) is 5.01. The lowest BCUT2D eigenvalue weighted by molar-refractivity contribution is -0.142. The summed E-state index contributed by atoms with van der Waals surface area (Å²) in [6.45, 7) is 4.39. The minimum atomic E-state index is -0.529. The van der Waals surface area contributed by atoms with Gasteiger partial charge in [-0.3, -0.25) is 4.79 Å². The van der Waals surface area contributed by atoms with Crippen LogP contribution >= 0.6 is 0 Å². The van der Waals surface area contributed by atoms with Gasteiger partial charge in [0.1, 0.15) is 0 Å². The molecule has 0 bridgehead atoms. The van der Waals surface area contributed by atoms with Crippen molar-refractivity contribution in [3.05, 3.63) is 54.6 Å². The molecule has 0 aliphatic rings. The van der Waals surface area contributed by atoms with Gasteiger partial charge < -0.3 is 14.6 Å². The molecule has 0 fully saturated rings. The fourth-order valence-corrected chi connectivity index (χ4v) is 2.99. The summed E-state index contributed by atoms with van der Waals surface area (Å²) in [6, 6.07) is 14.0. The number of fused-ring (bicyclic) bond motifs is 3. The van der Waals surface area contributed by atoms with Crippen LogP contribution in [-0.4, -0.2) is 23.1 Å². The van der Waals surface area contributed by atoms with E-state index >= 15 is 0 Å². The number of carbonyl (C=O) groups is 2. The molecule has 0 atom stereocenters. The van der Waals surface area contributed by atoms with E-state index in [0.29, 0.717) is 5.69 Å². The zero-order chi connectivity index (χ0) is 17.8. The first-order valence-corrected chi connectivity index (χ1v) is 8.24. The number of nitrogens with one attached hydrogen (secondary N) is 1. The first-order valence-electron chi connectivity index (χ1n) is 8.24. The molecule has 5 nitrogen and oxygen atoms in total. The maximum Gasteiger partial charge on any atom is 0.330 e. The number of hydrogen-bond acceptors (Lipinski definition) is 3. The number of ether oxygens (including phenoxy) is 1. The average molecular weight is 336 g/mol. The summed E-state index contributed by atoms with van der Waals surface area (Å²) in [6.07, 6.45) is 2.84. The standard InChI is InChI=1S/C20H20N2O3/c1-3-7-20(24)25-13-19(23)21-14-10-11-18-16(12-14)15-8-5-6-9-17(15)22(18)4-2/h3,5-12H,4,13H2,1-2H3,(H,21,23)/b7-3+. The van der Waals surface area contributed by atoms with Crippen molar-refractivity contribution in [2.75, 3.05) is 11.9 Å². The first kappa shape index (κ1) is 16.8. The molecule has 128 valence electrons. The van der Waals surface area contributed by atoms with Gasteiger partial charge in [-0.05, 0) is 38.1 Å². The molecular formula is C20H20N2O3. The third-order valence-corrected chi connectivity index (χ3v) is 4.02. The predicted molar refractivity (Wildman–Crippen MR) is 99.5 cm³/mol. The molecule has 25 heavy (non-hydrogen) atoms. The average Bonchev–Trinajstić information content (AvgIpc) is 2.93. The first-order chi connectivity index (χ1) is 12.1. The molecule has 1 aromatic heterocycles. The van der Waals surface area contributed by atoms with E-state index in [1.165, 1.54) is 11.6 Å².